The Hall–Kier alpha value is -2.05. The average molecular weight is 1280 g/mol. The molecule has 0 spiro atoms. The number of aliphatic hydroxyl groups is 8. The van der Waals surface area contributed by atoms with E-state index >= 15 is 0 Å². The molecule has 2 saturated heterocycles. The van der Waals surface area contributed by atoms with Gasteiger partial charge in [-0.3, -0.25) is 4.79 Å². The van der Waals surface area contributed by atoms with Crippen LogP contribution in [0.3, 0.4) is 0 Å². The van der Waals surface area contributed by atoms with Crippen molar-refractivity contribution in [3.8, 4) is 0 Å². The number of amides is 1. The highest BCUT2D eigenvalue weighted by molar-refractivity contribution is 5.76. The van der Waals surface area contributed by atoms with Crippen LogP contribution in [-0.4, -0.2) is 140 Å². The van der Waals surface area contributed by atoms with Crippen LogP contribution in [0.4, 0.5) is 0 Å². The monoisotopic (exact) mass is 1280 g/mol. The van der Waals surface area contributed by atoms with E-state index < -0.39 is 86.8 Å². The fraction of sp³-hybridized carbons (Fsp3) is 0.882. The maximum absolute atomic E-state index is 13.3. The minimum absolute atomic E-state index is 0.243. The quantitative estimate of drug-likeness (QED) is 0.0204. The molecule has 0 aliphatic carbocycles. The van der Waals surface area contributed by atoms with Gasteiger partial charge in [0.15, 0.2) is 12.6 Å². The first kappa shape index (κ1) is 84.0. The number of carbonyl (C=O) groups excluding carboxylic acids is 1. The standard InChI is InChI=1S/C76H141NO13/c1-3-5-7-9-11-13-15-17-19-21-22-23-24-25-26-27-28-29-30-31-32-33-34-35-36-37-38-39-40-41-42-44-46-48-50-52-54-56-58-60-68(81)77-64(65(80)59-57-55-53-51-49-47-45-43-20-18-16-14-12-10-8-6-4-2)63-87-75-73(86)71(84)74(67(62-79)89-75)90-76-72(85)70(83)69(82)66(61-78)88-76/h15,17,21-22,49,51,57,59,64-67,69-76,78-80,82-86H,3-14,16,18-20,23-48,50,52-56,58,60-63H2,1-2H3,(H,77,81)/b17-15-,22-21-,51-49+,59-57+. The summed E-state index contributed by atoms with van der Waals surface area (Å²) in [5.41, 5.74) is 0. The zero-order valence-electron chi connectivity index (χ0n) is 57.6. The minimum Gasteiger partial charge on any atom is -0.394 e. The second-order valence-electron chi connectivity index (χ2n) is 26.8. The van der Waals surface area contributed by atoms with Gasteiger partial charge in [0.25, 0.3) is 0 Å². The van der Waals surface area contributed by atoms with E-state index in [2.05, 4.69) is 55.6 Å². The summed E-state index contributed by atoms with van der Waals surface area (Å²) in [6.45, 7) is 2.81. The molecule has 14 heteroatoms. The van der Waals surface area contributed by atoms with Gasteiger partial charge in [-0.05, 0) is 64.2 Å². The number of ether oxygens (including phenoxy) is 4. The Balaban J connectivity index is 1.57. The van der Waals surface area contributed by atoms with E-state index in [0.29, 0.717) is 12.8 Å². The van der Waals surface area contributed by atoms with Crippen molar-refractivity contribution in [1.82, 2.24) is 5.32 Å². The Kier molecular flexibility index (Phi) is 56.6. The van der Waals surface area contributed by atoms with Crippen molar-refractivity contribution < 1.29 is 64.6 Å². The van der Waals surface area contributed by atoms with Crippen LogP contribution in [0.25, 0.3) is 0 Å². The zero-order valence-corrected chi connectivity index (χ0v) is 57.6. The predicted octanol–water partition coefficient (Wildman–Crippen LogP) is 16.2. The maximum Gasteiger partial charge on any atom is 0.220 e. The third-order valence-electron chi connectivity index (χ3n) is 18.5. The van der Waals surface area contributed by atoms with Crippen LogP contribution >= 0.6 is 0 Å². The van der Waals surface area contributed by atoms with E-state index in [0.717, 1.165) is 38.5 Å². The second kappa shape index (κ2) is 60.6. The van der Waals surface area contributed by atoms with Gasteiger partial charge < -0.3 is 65.1 Å². The molecule has 2 heterocycles. The van der Waals surface area contributed by atoms with E-state index in [4.69, 9.17) is 18.9 Å². The number of allylic oxidation sites excluding steroid dienone is 7. The molecule has 2 aliphatic heterocycles. The topological polar surface area (TPSA) is 228 Å². The SMILES string of the molecule is CCCCCCC/C=C\C/C=C\CCCCCCCCCCCCCCCCCCCCCCCCCCCCCC(=O)NC(COC1OC(CO)C(OC2OC(CO)C(O)C(O)C2O)C(O)C1O)C(O)/C=C/CC/C=C/CCCCCCCCCCCCC. The zero-order chi connectivity index (χ0) is 65.2. The summed E-state index contributed by atoms with van der Waals surface area (Å²) >= 11 is 0. The van der Waals surface area contributed by atoms with Gasteiger partial charge in [-0.25, -0.2) is 0 Å². The van der Waals surface area contributed by atoms with Crippen LogP contribution in [0.15, 0.2) is 48.6 Å². The molecular formula is C76H141NO13. The van der Waals surface area contributed by atoms with E-state index in [9.17, 15) is 45.6 Å². The molecule has 12 unspecified atom stereocenters. The van der Waals surface area contributed by atoms with Crippen molar-refractivity contribution in [2.45, 2.75) is 408 Å². The average Bonchev–Trinajstić information content (AvgIpc) is 1.04. The second-order valence-corrected chi connectivity index (χ2v) is 26.8. The Morgan fingerprint density at radius 2 is 0.744 bits per heavy atom. The Morgan fingerprint density at radius 3 is 1.16 bits per heavy atom. The summed E-state index contributed by atoms with van der Waals surface area (Å²) in [4.78, 5) is 13.3. The lowest BCUT2D eigenvalue weighted by atomic mass is 9.97. The van der Waals surface area contributed by atoms with Crippen molar-refractivity contribution in [3.05, 3.63) is 48.6 Å². The maximum atomic E-state index is 13.3. The molecule has 2 rings (SSSR count). The number of nitrogens with one attached hydrogen (secondary N) is 1. The van der Waals surface area contributed by atoms with Gasteiger partial charge in [0, 0.05) is 6.42 Å². The molecule has 0 aromatic heterocycles. The van der Waals surface area contributed by atoms with Crippen molar-refractivity contribution in [3.63, 3.8) is 0 Å². The summed E-state index contributed by atoms with van der Waals surface area (Å²) in [6.07, 6.45) is 63.5. The summed E-state index contributed by atoms with van der Waals surface area (Å²) in [5.74, 6) is -0.243. The van der Waals surface area contributed by atoms with Crippen LogP contribution < -0.4 is 5.32 Å². The van der Waals surface area contributed by atoms with Crippen molar-refractivity contribution in [1.29, 1.82) is 0 Å². The Morgan fingerprint density at radius 1 is 0.400 bits per heavy atom. The molecule has 1 amide bonds. The molecule has 2 fully saturated rings. The summed E-state index contributed by atoms with van der Waals surface area (Å²) in [7, 11) is 0. The van der Waals surface area contributed by atoms with Crippen LogP contribution in [0.5, 0.6) is 0 Å². The highest BCUT2D eigenvalue weighted by atomic mass is 16.7. The lowest BCUT2D eigenvalue weighted by Gasteiger charge is -2.46. The van der Waals surface area contributed by atoms with Crippen molar-refractivity contribution >= 4 is 5.91 Å². The first-order chi connectivity index (χ1) is 44.1. The van der Waals surface area contributed by atoms with Gasteiger partial charge in [-0.2, -0.15) is 0 Å². The van der Waals surface area contributed by atoms with Gasteiger partial charge in [-0.1, -0.05) is 313 Å². The molecule has 0 bridgehead atoms. The van der Waals surface area contributed by atoms with Crippen LogP contribution in [-0.2, 0) is 23.7 Å². The molecule has 2 aliphatic rings. The number of unbranched alkanes of at least 4 members (excludes halogenated alkanes) is 44. The molecule has 9 N–H and O–H groups in total. The predicted molar refractivity (Wildman–Crippen MR) is 369 cm³/mol. The lowest BCUT2D eigenvalue weighted by molar-refractivity contribution is -0.359. The highest BCUT2D eigenvalue weighted by Gasteiger charge is 2.51. The van der Waals surface area contributed by atoms with Crippen LogP contribution in [0.2, 0.25) is 0 Å². The van der Waals surface area contributed by atoms with E-state index in [1.54, 1.807) is 6.08 Å². The number of hydrogen-bond acceptors (Lipinski definition) is 13. The molecule has 0 radical (unpaired) electrons. The molecular weight excluding hydrogens is 1130 g/mol. The molecule has 14 nitrogen and oxygen atoms in total. The minimum atomic E-state index is -1.79. The van der Waals surface area contributed by atoms with Gasteiger partial charge in [-0.15, -0.1) is 0 Å². The molecule has 0 saturated carbocycles. The fourth-order valence-corrected chi connectivity index (χ4v) is 12.5. The lowest BCUT2D eigenvalue weighted by Crippen LogP contribution is -2.65. The third kappa shape index (κ3) is 43.8. The fourth-order valence-electron chi connectivity index (χ4n) is 12.5. The van der Waals surface area contributed by atoms with Gasteiger partial charge in [0.05, 0.1) is 32.0 Å². The largest absolute Gasteiger partial charge is 0.394 e. The molecule has 90 heavy (non-hydrogen) atoms. The van der Waals surface area contributed by atoms with Gasteiger partial charge in [0.1, 0.15) is 48.8 Å². The van der Waals surface area contributed by atoms with E-state index in [1.165, 1.54) is 263 Å². The number of aliphatic hydroxyl groups excluding tert-OH is 8. The van der Waals surface area contributed by atoms with Crippen molar-refractivity contribution in [2.24, 2.45) is 0 Å². The Bertz CT molecular complexity index is 1690. The first-order valence-electron chi connectivity index (χ1n) is 37.9. The van der Waals surface area contributed by atoms with Gasteiger partial charge in [0.2, 0.25) is 5.91 Å². The molecule has 528 valence electrons. The smallest absolute Gasteiger partial charge is 0.220 e. The molecule has 0 aromatic carbocycles. The number of carbonyl (C=O) groups is 1. The van der Waals surface area contributed by atoms with E-state index in [1.807, 2.05) is 6.08 Å². The first-order valence-corrected chi connectivity index (χ1v) is 37.9. The van der Waals surface area contributed by atoms with Crippen molar-refractivity contribution in [2.75, 3.05) is 19.8 Å². The highest BCUT2D eigenvalue weighted by Crippen LogP contribution is 2.30. The summed E-state index contributed by atoms with van der Waals surface area (Å²) in [5, 5.41) is 87.4. The van der Waals surface area contributed by atoms with Crippen LogP contribution in [0, 0.1) is 0 Å². The number of rotatable bonds is 63. The number of hydrogen-bond donors (Lipinski definition) is 9. The molecule has 0 aromatic rings. The van der Waals surface area contributed by atoms with Gasteiger partial charge >= 0.3 is 0 Å². The summed E-state index contributed by atoms with van der Waals surface area (Å²) in [6, 6.07) is -0.931. The summed E-state index contributed by atoms with van der Waals surface area (Å²) < 4.78 is 22.8. The normalized spacial score (nSPS) is 23.1. The van der Waals surface area contributed by atoms with E-state index in [-0.39, 0.29) is 18.9 Å². The van der Waals surface area contributed by atoms with Crippen LogP contribution in [0.1, 0.15) is 335 Å². The Labute approximate surface area is 550 Å². The molecule has 12 atom stereocenters. The third-order valence-corrected chi connectivity index (χ3v) is 18.5.